The highest BCUT2D eigenvalue weighted by molar-refractivity contribution is 5.71. The Balaban J connectivity index is 4.38. The molecule has 0 aromatic heterocycles. The smallest absolute Gasteiger partial charge is 0.306 e. The molecule has 6 heteroatoms. The van der Waals surface area contributed by atoms with Crippen LogP contribution in [0, 0.1) is 0 Å². The monoisotopic (exact) mass is 855 g/mol. The van der Waals surface area contributed by atoms with Gasteiger partial charge in [-0.25, -0.2) is 0 Å². The van der Waals surface area contributed by atoms with E-state index >= 15 is 0 Å². The predicted octanol–water partition coefficient (Wildman–Crippen LogP) is 17.1. The van der Waals surface area contributed by atoms with E-state index in [1.54, 1.807) is 0 Å². The van der Waals surface area contributed by atoms with Gasteiger partial charge in [0.05, 0.1) is 0 Å². The van der Waals surface area contributed by atoms with Gasteiger partial charge in [-0.15, -0.1) is 0 Å². The summed E-state index contributed by atoms with van der Waals surface area (Å²) < 4.78 is 16.8. The quantitative estimate of drug-likeness (QED) is 0.0263. The van der Waals surface area contributed by atoms with Gasteiger partial charge in [0.2, 0.25) is 0 Å². The topological polar surface area (TPSA) is 78.9 Å². The molecule has 1 atom stereocenters. The van der Waals surface area contributed by atoms with E-state index in [-0.39, 0.29) is 31.1 Å². The first kappa shape index (κ1) is 58.4. The van der Waals surface area contributed by atoms with Gasteiger partial charge in [0.25, 0.3) is 0 Å². The number of allylic oxidation sites excluding steroid dienone is 8. The van der Waals surface area contributed by atoms with Crippen LogP contribution < -0.4 is 0 Å². The zero-order chi connectivity index (χ0) is 44.4. The van der Waals surface area contributed by atoms with Crippen LogP contribution in [0.5, 0.6) is 0 Å². The van der Waals surface area contributed by atoms with Crippen LogP contribution >= 0.6 is 0 Å². The standard InChI is InChI=1S/C55H98O6/c1-4-7-10-13-16-19-22-24-26-27-28-29-31-33-36-39-42-45-48-54(57)60-51-52(50-59-53(56)47-44-41-38-35-32-21-18-15-12-9-6-3)61-55(58)49-46-43-40-37-34-30-25-23-20-17-14-11-8-5-2/h15,18,21,26-29,32,52H,4-14,16-17,19-20,22-25,30-31,33-51H2,1-3H3/b18-15-,27-26-,29-28-,32-21-. The fourth-order valence-electron chi connectivity index (χ4n) is 7.35. The summed E-state index contributed by atoms with van der Waals surface area (Å²) in [6.07, 6.45) is 59.5. The van der Waals surface area contributed by atoms with Crippen molar-refractivity contribution >= 4 is 17.9 Å². The molecular formula is C55H98O6. The SMILES string of the molecule is CCCC/C=C\C=C/CCCCCC(=O)OCC(COC(=O)CCCCCCC/C=C\C=C/CCCCCCCCC)OC(=O)CCCCCCCCCCCCCCCC. The fourth-order valence-corrected chi connectivity index (χ4v) is 7.35. The highest BCUT2D eigenvalue weighted by atomic mass is 16.6. The molecule has 354 valence electrons. The maximum Gasteiger partial charge on any atom is 0.306 e. The molecule has 0 rings (SSSR count). The molecule has 1 unspecified atom stereocenters. The molecule has 0 aliphatic carbocycles. The van der Waals surface area contributed by atoms with Crippen LogP contribution in [0.15, 0.2) is 48.6 Å². The first-order valence-electron chi connectivity index (χ1n) is 26.2. The Kier molecular flexibility index (Phi) is 47.9. The number of rotatable bonds is 47. The number of carbonyl (C=O) groups excluding carboxylic acids is 3. The third-order valence-electron chi connectivity index (χ3n) is 11.4. The molecule has 0 spiro atoms. The fraction of sp³-hybridized carbons (Fsp3) is 0.800. The second-order valence-corrected chi connectivity index (χ2v) is 17.5. The highest BCUT2D eigenvalue weighted by Crippen LogP contribution is 2.15. The lowest BCUT2D eigenvalue weighted by Crippen LogP contribution is -2.30. The number of ether oxygens (including phenoxy) is 3. The molecule has 0 radical (unpaired) electrons. The molecule has 0 aliphatic rings. The van der Waals surface area contributed by atoms with Crippen molar-refractivity contribution in [2.45, 2.75) is 271 Å². The van der Waals surface area contributed by atoms with Gasteiger partial charge in [0, 0.05) is 19.3 Å². The van der Waals surface area contributed by atoms with Crippen molar-refractivity contribution in [3.63, 3.8) is 0 Å². The van der Waals surface area contributed by atoms with Crippen LogP contribution in [0.1, 0.15) is 265 Å². The van der Waals surface area contributed by atoms with Gasteiger partial charge in [-0.2, -0.15) is 0 Å². The summed E-state index contributed by atoms with van der Waals surface area (Å²) in [5.74, 6) is -0.922. The summed E-state index contributed by atoms with van der Waals surface area (Å²) in [5.41, 5.74) is 0. The van der Waals surface area contributed by atoms with Gasteiger partial charge < -0.3 is 14.2 Å². The third-order valence-corrected chi connectivity index (χ3v) is 11.4. The number of carbonyl (C=O) groups is 3. The molecule has 61 heavy (non-hydrogen) atoms. The summed E-state index contributed by atoms with van der Waals surface area (Å²) in [4.78, 5) is 37.9. The minimum Gasteiger partial charge on any atom is -0.462 e. The zero-order valence-electron chi connectivity index (χ0n) is 40.4. The Morgan fingerprint density at radius 2 is 0.590 bits per heavy atom. The van der Waals surface area contributed by atoms with Crippen molar-refractivity contribution in [2.24, 2.45) is 0 Å². The van der Waals surface area contributed by atoms with E-state index < -0.39 is 6.10 Å². The van der Waals surface area contributed by atoms with Crippen molar-refractivity contribution in [3.05, 3.63) is 48.6 Å². The van der Waals surface area contributed by atoms with Crippen LogP contribution in [0.4, 0.5) is 0 Å². The van der Waals surface area contributed by atoms with Gasteiger partial charge >= 0.3 is 17.9 Å². The number of hydrogen-bond donors (Lipinski definition) is 0. The van der Waals surface area contributed by atoms with Gasteiger partial charge in [0.1, 0.15) is 13.2 Å². The summed E-state index contributed by atoms with van der Waals surface area (Å²) in [5, 5.41) is 0. The summed E-state index contributed by atoms with van der Waals surface area (Å²) >= 11 is 0. The van der Waals surface area contributed by atoms with Crippen molar-refractivity contribution in [3.8, 4) is 0 Å². The van der Waals surface area contributed by atoms with Crippen LogP contribution in [-0.4, -0.2) is 37.2 Å². The molecule has 0 amide bonds. The minimum absolute atomic E-state index is 0.0877. The average Bonchev–Trinajstić information content (AvgIpc) is 3.26. The van der Waals surface area contributed by atoms with Gasteiger partial charge in [-0.1, -0.05) is 230 Å². The van der Waals surface area contributed by atoms with E-state index in [9.17, 15) is 14.4 Å². The third kappa shape index (κ3) is 48.3. The molecular weight excluding hydrogens is 757 g/mol. The lowest BCUT2D eigenvalue weighted by Gasteiger charge is -2.18. The van der Waals surface area contributed by atoms with E-state index in [0.717, 1.165) is 89.9 Å². The van der Waals surface area contributed by atoms with E-state index in [1.807, 2.05) is 0 Å². The van der Waals surface area contributed by atoms with Crippen molar-refractivity contribution < 1.29 is 28.6 Å². The van der Waals surface area contributed by atoms with E-state index in [0.29, 0.717) is 19.3 Å². The van der Waals surface area contributed by atoms with Crippen molar-refractivity contribution in [1.82, 2.24) is 0 Å². The molecule has 0 aromatic carbocycles. The van der Waals surface area contributed by atoms with Gasteiger partial charge in [0.15, 0.2) is 6.10 Å². The second-order valence-electron chi connectivity index (χ2n) is 17.5. The van der Waals surface area contributed by atoms with Crippen LogP contribution in [0.25, 0.3) is 0 Å². The van der Waals surface area contributed by atoms with Crippen LogP contribution in [0.2, 0.25) is 0 Å². The minimum atomic E-state index is -0.786. The Morgan fingerprint density at radius 3 is 0.934 bits per heavy atom. The Hall–Kier alpha value is -2.63. The molecule has 0 saturated carbocycles. The van der Waals surface area contributed by atoms with E-state index in [1.165, 1.54) is 135 Å². The molecule has 0 heterocycles. The predicted molar refractivity (Wildman–Crippen MR) is 261 cm³/mol. The van der Waals surface area contributed by atoms with Crippen LogP contribution in [-0.2, 0) is 28.6 Å². The Bertz CT molecular complexity index is 1070. The largest absolute Gasteiger partial charge is 0.462 e. The van der Waals surface area contributed by atoms with Crippen molar-refractivity contribution in [2.75, 3.05) is 13.2 Å². The maximum atomic E-state index is 12.8. The molecule has 0 bridgehead atoms. The lowest BCUT2D eigenvalue weighted by atomic mass is 10.0. The van der Waals surface area contributed by atoms with E-state index in [2.05, 4.69) is 69.4 Å². The summed E-state index contributed by atoms with van der Waals surface area (Å²) in [7, 11) is 0. The second kappa shape index (κ2) is 50.0. The lowest BCUT2D eigenvalue weighted by molar-refractivity contribution is -0.167. The van der Waals surface area contributed by atoms with Crippen molar-refractivity contribution in [1.29, 1.82) is 0 Å². The number of unbranched alkanes of at least 4 members (excludes halogenated alkanes) is 30. The summed E-state index contributed by atoms with van der Waals surface area (Å²) in [6.45, 7) is 6.56. The first-order valence-corrected chi connectivity index (χ1v) is 26.2. The normalized spacial score (nSPS) is 12.4. The first-order chi connectivity index (χ1) is 30.0. The number of hydrogen-bond acceptors (Lipinski definition) is 6. The molecule has 0 saturated heterocycles. The molecule has 0 aromatic rings. The molecule has 6 nitrogen and oxygen atoms in total. The average molecular weight is 855 g/mol. The van der Waals surface area contributed by atoms with E-state index in [4.69, 9.17) is 14.2 Å². The molecule has 0 fully saturated rings. The van der Waals surface area contributed by atoms with Gasteiger partial charge in [-0.3, -0.25) is 14.4 Å². The highest BCUT2D eigenvalue weighted by Gasteiger charge is 2.19. The van der Waals surface area contributed by atoms with Gasteiger partial charge in [-0.05, 0) is 64.2 Å². The Labute approximate surface area is 378 Å². The maximum absolute atomic E-state index is 12.8. The molecule has 0 aliphatic heterocycles. The number of esters is 3. The summed E-state index contributed by atoms with van der Waals surface area (Å²) in [6, 6.07) is 0. The molecule has 0 N–H and O–H groups in total. The Morgan fingerprint density at radius 1 is 0.328 bits per heavy atom. The zero-order valence-corrected chi connectivity index (χ0v) is 40.4. The van der Waals surface area contributed by atoms with Crippen LogP contribution in [0.3, 0.4) is 0 Å².